The van der Waals surface area contributed by atoms with Gasteiger partial charge in [-0.25, -0.2) is 4.79 Å². The van der Waals surface area contributed by atoms with Crippen molar-refractivity contribution >= 4 is 16.9 Å². The lowest BCUT2D eigenvalue weighted by Crippen LogP contribution is -2.05. The molecular weight excluding hydrogens is 260 g/mol. The molecule has 0 fully saturated rings. The fraction of sp³-hybridized carbons (Fsp3) is 0.333. The summed E-state index contributed by atoms with van der Waals surface area (Å²) in [6, 6.07) is 4.54. The van der Waals surface area contributed by atoms with Crippen LogP contribution in [0.3, 0.4) is 0 Å². The molecule has 5 heteroatoms. The Hall–Kier alpha value is -2.30. The van der Waals surface area contributed by atoms with E-state index in [0.717, 1.165) is 10.9 Å². The van der Waals surface area contributed by atoms with Crippen LogP contribution in [0.1, 0.15) is 24.5 Å². The fourth-order valence-electron chi connectivity index (χ4n) is 2.07. The van der Waals surface area contributed by atoms with E-state index in [-0.39, 0.29) is 18.1 Å². The maximum absolute atomic E-state index is 11.3. The zero-order valence-corrected chi connectivity index (χ0v) is 11.4. The highest BCUT2D eigenvalue weighted by Crippen LogP contribution is 2.27. The highest BCUT2D eigenvalue weighted by atomic mass is 16.5. The number of carbonyl (C=O) groups excluding carboxylic acids is 1. The summed E-state index contributed by atoms with van der Waals surface area (Å²) in [5.41, 5.74) is 1.29. The van der Waals surface area contributed by atoms with Gasteiger partial charge in [0.2, 0.25) is 0 Å². The van der Waals surface area contributed by atoms with Crippen LogP contribution < -0.4 is 5.63 Å². The number of ether oxygens (including phenoxy) is 1. The number of aromatic hydroxyl groups is 1. The number of hydrogen-bond acceptors (Lipinski definition) is 5. The molecule has 2 aromatic rings. The highest BCUT2D eigenvalue weighted by Gasteiger charge is 2.10. The average molecular weight is 276 g/mol. The third kappa shape index (κ3) is 2.99. The van der Waals surface area contributed by atoms with Crippen molar-refractivity contribution in [2.24, 2.45) is 0 Å². The van der Waals surface area contributed by atoms with Crippen LogP contribution in [-0.4, -0.2) is 17.7 Å². The summed E-state index contributed by atoms with van der Waals surface area (Å²) >= 11 is 0. The first kappa shape index (κ1) is 14.1. The summed E-state index contributed by atoms with van der Waals surface area (Å²) in [4.78, 5) is 22.6. The van der Waals surface area contributed by atoms with Gasteiger partial charge in [-0.15, -0.1) is 0 Å². The molecule has 1 aromatic heterocycles. The van der Waals surface area contributed by atoms with Crippen molar-refractivity contribution in [3.05, 3.63) is 39.7 Å². The minimum absolute atomic E-state index is 0.00977. The second-order valence-corrected chi connectivity index (χ2v) is 4.53. The highest BCUT2D eigenvalue weighted by molar-refractivity contribution is 5.82. The molecule has 1 aromatic carbocycles. The van der Waals surface area contributed by atoms with Gasteiger partial charge in [-0.1, -0.05) is 0 Å². The molecule has 0 amide bonds. The van der Waals surface area contributed by atoms with Crippen molar-refractivity contribution < 1.29 is 19.1 Å². The van der Waals surface area contributed by atoms with Gasteiger partial charge in [0, 0.05) is 23.9 Å². The Morgan fingerprint density at radius 1 is 1.35 bits per heavy atom. The molecule has 0 saturated carbocycles. The second kappa shape index (κ2) is 5.77. The van der Waals surface area contributed by atoms with Gasteiger partial charge in [0.25, 0.3) is 0 Å². The Labute approximate surface area is 115 Å². The smallest absolute Gasteiger partial charge is 0.336 e. The molecule has 0 radical (unpaired) electrons. The van der Waals surface area contributed by atoms with E-state index in [9.17, 15) is 14.7 Å². The third-order valence-corrected chi connectivity index (χ3v) is 3.05. The van der Waals surface area contributed by atoms with Crippen LogP contribution in [0.2, 0.25) is 0 Å². The van der Waals surface area contributed by atoms with Gasteiger partial charge in [0.05, 0.1) is 6.61 Å². The monoisotopic (exact) mass is 276 g/mol. The molecular formula is C15H16O5. The van der Waals surface area contributed by atoms with E-state index in [2.05, 4.69) is 0 Å². The van der Waals surface area contributed by atoms with Crippen LogP contribution in [0.4, 0.5) is 0 Å². The van der Waals surface area contributed by atoms with E-state index in [1.165, 1.54) is 12.1 Å². The molecule has 106 valence electrons. The number of esters is 1. The minimum Gasteiger partial charge on any atom is -0.508 e. The van der Waals surface area contributed by atoms with Gasteiger partial charge >= 0.3 is 11.6 Å². The third-order valence-electron chi connectivity index (χ3n) is 3.05. The molecule has 0 aliphatic heterocycles. The number of carbonyl (C=O) groups is 1. The van der Waals surface area contributed by atoms with Crippen molar-refractivity contribution in [1.29, 1.82) is 0 Å². The number of phenolic OH excluding ortho intramolecular Hbond substituents is 1. The predicted octanol–water partition coefficient (Wildman–Crippen LogP) is 2.30. The van der Waals surface area contributed by atoms with Crippen LogP contribution >= 0.6 is 0 Å². The topological polar surface area (TPSA) is 76.7 Å². The molecule has 0 aliphatic carbocycles. The molecule has 0 spiro atoms. The van der Waals surface area contributed by atoms with Crippen LogP contribution in [0.25, 0.3) is 11.0 Å². The van der Waals surface area contributed by atoms with Gasteiger partial charge in [-0.2, -0.15) is 0 Å². The molecule has 0 unspecified atom stereocenters. The Morgan fingerprint density at radius 3 is 2.80 bits per heavy atom. The lowest BCUT2D eigenvalue weighted by molar-refractivity contribution is -0.143. The molecule has 5 nitrogen and oxygen atoms in total. The first-order chi connectivity index (χ1) is 9.51. The molecule has 0 saturated heterocycles. The molecule has 0 bridgehead atoms. The zero-order valence-electron chi connectivity index (χ0n) is 11.4. The van der Waals surface area contributed by atoms with Crippen molar-refractivity contribution in [3.8, 4) is 5.75 Å². The largest absolute Gasteiger partial charge is 0.508 e. The van der Waals surface area contributed by atoms with Gasteiger partial charge in [-0.3, -0.25) is 4.79 Å². The van der Waals surface area contributed by atoms with Crippen LogP contribution in [-0.2, 0) is 16.0 Å². The summed E-state index contributed by atoms with van der Waals surface area (Å²) in [5, 5.41) is 10.7. The van der Waals surface area contributed by atoms with E-state index < -0.39 is 5.63 Å². The quantitative estimate of drug-likeness (QED) is 0.685. The molecule has 1 heterocycles. The normalized spacial score (nSPS) is 10.7. The summed E-state index contributed by atoms with van der Waals surface area (Å²) in [7, 11) is 0. The SMILES string of the molecule is CCOC(=O)CCc1cc2c(C)cc(=O)oc2cc1O. The summed E-state index contributed by atoms with van der Waals surface area (Å²) in [6.45, 7) is 3.88. The van der Waals surface area contributed by atoms with Crippen molar-refractivity contribution in [2.45, 2.75) is 26.7 Å². The molecule has 0 aliphatic rings. The molecule has 0 atom stereocenters. The van der Waals surface area contributed by atoms with E-state index in [4.69, 9.17) is 9.15 Å². The van der Waals surface area contributed by atoms with Crippen molar-refractivity contribution in [3.63, 3.8) is 0 Å². The van der Waals surface area contributed by atoms with Gasteiger partial charge < -0.3 is 14.3 Å². The Balaban J connectivity index is 2.33. The van der Waals surface area contributed by atoms with Crippen LogP contribution in [0.5, 0.6) is 5.75 Å². The molecule has 2 rings (SSSR count). The first-order valence-electron chi connectivity index (χ1n) is 6.43. The summed E-state index contributed by atoms with van der Waals surface area (Å²) < 4.78 is 9.89. The first-order valence-corrected chi connectivity index (χ1v) is 6.43. The minimum atomic E-state index is -0.450. The number of rotatable bonds is 4. The number of aryl methyl sites for hydroxylation is 2. The summed E-state index contributed by atoms with van der Waals surface area (Å²) in [5.74, 6) is -0.293. The van der Waals surface area contributed by atoms with Crippen LogP contribution in [0.15, 0.2) is 27.4 Å². The van der Waals surface area contributed by atoms with E-state index >= 15 is 0 Å². The van der Waals surface area contributed by atoms with E-state index in [0.29, 0.717) is 24.2 Å². The number of hydrogen-bond donors (Lipinski definition) is 1. The van der Waals surface area contributed by atoms with E-state index in [1.54, 1.807) is 19.9 Å². The van der Waals surface area contributed by atoms with Gasteiger partial charge in [-0.05, 0) is 37.5 Å². The Bertz CT molecular complexity index is 699. The van der Waals surface area contributed by atoms with Crippen LogP contribution in [0, 0.1) is 6.92 Å². The lowest BCUT2D eigenvalue weighted by Gasteiger charge is -2.07. The average Bonchev–Trinajstić information content (AvgIpc) is 2.36. The fourth-order valence-corrected chi connectivity index (χ4v) is 2.07. The van der Waals surface area contributed by atoms with Gasteiger partial charge in [0.15, 0.2) is 0 Å². The number of fused-ring (bicyclic) bond motifs is 1. The van der Waals surface area contributed by atoms with Crippen molar-refractivity contribution in [1.82, 2.24) is 0 Å². The standard InChI is InChI=1S/C15H16O5/c1-3-19-14(17)5-4-10-7-11-9(2)6-15(18)20-13(11)8-12(10)16/h6-8,16H,3-5H2,1-2H3. The number of benzene rings is 1. The Kier molecular flexibility index (Phi) is 4.08. The maximum atomic E-state index is 11.3. The molecule has 20 heavy (non-hydrogen) atoms. The Morgan fingerprint density at radius 2 is 2.10 bits per heavy atom. The van der Waals surface area contributed by atoms with Crippen molar-refractivity contribution in [2.75, 3.05) is 6.61 Å². The zero-order chi connectivity index (χ0) is 14.7. The number of phenols is 1. The second-order valence-electron chi connectivity index (χ2n) is 4.53. The molecule has 1 N–H and O–H groups in total. The lowest BCUT2D eigenvalue weighted by atomic mass is 10.0. The summed E-state index contributed by atoms with van der Waals surface area (Å²) in [6.07, 6.45) is 0.571. The predicted molar refractivity (Wildman–Crippen MR) is 73.8 cm³/mol. The maximum Gasteiger partial charge on any atom is 0.336 e. The van der Waals surface area contributed by atoms with Gasteiger partial charge in [0.1, 0.15) is 11.3 Å². The van der Waals surface area contributed by atoms with E-state index in [1.807, 2.05) is 0 Å².